The molecule has 6 nitrogen and oxygen atoms in total. The molecule has 6 heteroatoms. The van der Waals surface area contributed by atoms with Gasteiger partial charge in [-0.1, -0.05) is 19.9 Å². The fraction of sp³-hybridized carbons (Fsp3) is 0.650. The molecule has 1 aliphatic heterocycles. The smallest absolute Gasteiger partial charge is 0.191 e. The molecule has 1 saturated heterocycles. The summed E-state index contributed by atoms with van der Waals surface area (Å²) >= 11 is 0. The van der Waals surface area contributed by atoms with Crippen LogP contribution < -0.4 is 10.6 Å². The summed E-state index contributed by atoms with van der Waals surface area (Å²) in [6.07, 6.45) is 5.53. The van der Waals surface area contributed by atoms with E-state index in [0.717, 1.165) is 64.0 Å². The van der Waals surface area contributed by atoms with E-state index in [4.69, 9.17) is 14.1 Å². The second kappa shape index (κ2) is 11.8. The number of furan rings is 1. The lowest BCUT2D eigenvalue weighted by Gasteiger charge is -2.34. The Bertz CT molecular complexity index is 522. The van der Waals surface area contributed by atoms with Gasteiger partial charge >= 0.3 is 0 Å². The van der Waals surface area contributed by atoms with Crippen LogP contribution in [0.3, 0.4) is 0 Å². The number of rotatable bonds is 10. The molecule has 0 spiro atoms. The molecule has 0 saturated carbocycles. The average Bonchev–Trinajstić information content (AvgIpc) is 3.16. The normalized spacial score (nSPS) is 17.3. The van der Waals surface area contributed by atoms with E-state index in [1.807, 2.05) is 18.2 Å². The van der Waals surface area contributed by atoms with Gasteiger partial charge in [0.25, 0.3) is 0 Å². The quantitative estimate of drug-likeness (QED) is 0.380. The molecule has 1 aromatic heterocycles. The summed E-state index contributed by atoms with van der Waals surface area (Å²) in [6.45, 7) is 14.2. The van der Waals surface area contributed by atoms with Crippen molar-refractivity contribution >= 4 is 5.96 Å². The number of aliphatic imine (C=N–C) groups is 1. The van der Waals surface area contributed by atoms with Crippen LogP contribution >= 0.6 is 0 Å². The van der Waals surface area contributed by atoms with E-state index in [1.165, 1.54) is 0 Å². The van der Waals surface area contributed by atoms with Gasteiger partial charge in [-0.25, -0.2) is 0 Å². The van der Waals surface area contributed by atoms with Gasteiger partial charge in [0.05, 0.1) is 26.0 Å². The van der Waals surface area contributed by atoms with Crippen LogP contribution in [0, 0.1) is 5.92 Å². The first-order valence-corrected chi connectivity index (χ1v) is 9.66. The number of nitrogens with one attached hydrogen (secondary N) is 2. The van der Waals surface area contributed by atoms with Crippen molar-refractivity contribution in [2.45, 2.75) is 32.7 Å². The Morgan fingerprint density at radius 1 is 1.35 bits per heavy atom. The van der Waals surface area contributed by atoms with Crippen molar-refractivity contribution in [1.82, 2.24) is 15.5 Å². The van der Waals surface area contributed by atoms with Gasteiger partial charge in [0.1, 0.15) is 5.76 Å². The molecule has 1 aliphatic rings. The van der Waals surface area contributed by atoms with Crippen LogP contribution in [0.15, 0.2) is 40.5 Å². The molecular formula is C20H34N4O2. The third kappa shape index (κ3) is 7.62. The lowest BCUT2D eigenvalue weighted by Crippen LogP contribution is -2.46. The maximum atomic E-state index is 5.50. The molecule has 1 atom stereocenters. The van der Waals surface area contributed by atoms with Crippen LogP contribution in [-0.2, 0) is 11.2 Å². The van der Waals surface area contributed by atoms with Crippen molar-refractivity contribution in [3.8, 4) is 0 Å². The van der Waals surface area contributed by atoms with Crippen LogP contribution in [0.4, 0.5) is 0 Å². The van der Waals surface area contributed by atoms with Crippen molar-refractivity contribution in [1.29, 1.82) is 0 Å². The number of hydrogen-bond donors (Lipinski definition) is 2. The molecule has 0 aromatic carbocycles. The molecule has 1 aromatic rings. The molecule has 26 heavy (non-hydrogen) atoms. The van der Waals surface area contributed by atoms with Crippen molar-refractivity contribution in [2.24, 2.45) is 10.9 Å². The molecule has 2 heterocycles. The fourth-order valence-electron chi connectivity index (χ4n) is 3.12. The Balaban J connectivity index is 1.91. The van der Waals surface area contributed by atoms with E-state index in [9.17, 15) is 0 Å². The highest BCUT2D eigenvalue weighted by molar-refractivity contribution is 5.79. The van der Waals surface area contributed by atoms with Crippen molar-refractivity contribution in [3.05, 3.63) is 36.8 Å². The lowest BCUT2D eigenvalue weighted by molar-refractivity contribution is 0.0143. The van der Waals surface area contributed by atoms with E-state index in [1.54, 1.807) is 6.26 Å². The van der Waals surface area contributed by atoms with Gasteiger partial charge in [-0.15, -0.1) is 6.58 Å². The first kappa shape index (κ1) is 20.5. The van der Waals surface area contributed by atoms with E-state index in [-0.39, 0.29) is 0 Å². The zero-order chi connectivity index (χ0) is 18.6. The van der Waals surface area contributed by atoms with Crippen molar-refractivity contribution < 1.29 is 9.15 Å². The molecule has 0 aliphatic carbocycles. The highest BCUT2D eigenvalue weighted by Crippen LogP contribution is 2.14. The molecule has 1 fully saturated rings. The Kier molecular flexibility index (Phi) is 9.28. The number of morpholine rings is 1. The van der Waals surface area contributed by atoms with Crippen molar-refractivity contribution in [2.75, 3.05) is 45.9 Å². The van der Waals surface area contributed by atoms with Crippen molar-refractivity contribution in [3.63, 3.8) is 0 Å². The summed E-state index contributed by atoms with van der Waals surface area (Å²) in [7, 11) is 0. The van der Waals surface area contributed by atoms with Gasteiger partial charge in [0.2, 0.25) is 0 Å². The highest BCUT2D eigenvalue weighted by atomic mass is 16.5. The predicted octanol–water partition coefficient (Wildman–Crippen LogP) is 2.29. The second-order valence-electron chi connectivity index (χ2n) is 7.05. The summed E-state index contributed by atoms with van der Waals surface area (Å²) in [5, 5.41) is 6.70. The van der Waals surface area contributed by atoms with Gasteiger partial charge in [0, 0.05) is 38.6 Å². The van der Waals surface area contributed by atoms with E-state index in [0.29, 0.717) is 18.5 Å². The summed E-state index contributed by atoms with van der Waals surface area (Å²) in [5.41, 5.74) is 0. The van der Waals surface area contributed by atoms with E-state index < -0.39 is 0 Å². The zero-order valence-electron chi connectivity index (χ0n) is 16.2. The van der Waals surface area contributed by atoms with Crippen LogP contribution in [-0.4, -0.2) is 62.8 Å². The molecular weight excluding hydrogens is 328 g/mol. The Morgan fingerprint density at radius 3 is 2.81 bits per heavy atom. The molecule has 0 bridgehead atoms. The molecule has 2 rings (SSSR count). The summed E-state index contributed by atoms with van der Waals surface area (Å²) in [4.78, 5) is 7.36. The molecule has 0 amide bonds. The maximum Gasteiger partial charge on any atom is 0.191 e. The Hall–Kier alpha value is -1.79. The SMILES string of the molecule is C=CCNC(=NCC(CC(C)C)N1CCOCC1)NCCc1ccco1. The number of guanidine groups is 1. The van der Waals surface area contributed by atoms with Gasteiger partial charge in [0.15, 0.2) is 5.96 Å². The van der Waals surface area contributed by atoms with Gasteiger partial charge in [-0.3, -0.25) is 9.89 Å². The maximum absolute atomic E-state index is 5.50. The first-order valence-electron chi connectivity index (χ1n) is 9.66. The Morgan fingerprint density at radius 2 is 2.15 bits per heavy atom. The Labute approximate surface area is 157 Å². The highest BCUT2D eigenvalue weighted by Gasteiger charge is 2.21. The minimum absolute atomic E-state index is 0.450. The number of ether oxygens (including phenoxy) is 1. The zero-order valence-corrected chi connectivity index (χ0v) is 16.2. The fourth-order valence-corrected chi connectivity index (χ4v) is 3.12. The second-order valence-corrected chi connectivity index (χ2v) is 7.05. The minimum Gasteiger partial charge on any atom is -0.469 e. The van der Waals surface area contributed by atoms with Gasteiger partial charge in [-0.05, 0) is 24.5 Å². The third-order valence-corrected chi connectivity index (χ3v) is 4.42. The van der Waals surface area contributed by atoms with Gasteiger partial charge < -0.3 is 19.8 Å². The monoisotopic (exact) mass is 362 g/mol. The summed E-state index contributed by atoms with van der Waals surface area (Å²) in [6, 6.07) is 4.36. The summed E-state index contributed by atoms with van der Waals surface area (Å²) < 4.78 is 10.9. The average molecular weight is 363 g/mol. The predicted molar refractivity (Wildman–Crippen MR) is 107 cm³/mol. The first-order chi connectivity index (χ1) is 12.7. The topological polar surface area (TPSA) is 62.0 Å². The van der Waals surface area contributed by atoms with Crippen LogP contribution in [0.5, 0.6) is 0 Å². The van der Waals surface area contributed by atoms with E-state index in [2.05, 4.69) is 36.0 Å². The minimum atomic E-state index is 0.450. The third-order valence-electron chi connectivity index (χ3n) is 4.42. The van der Waals surface area contributed by atoms with Gasteiger partial charge in [-0.2, -0.15) is 0 Å². The number of nitrogens with zero attached hydrogens (tertiary/aromatic N) is 2. The molecule has 1 unspecified atom stereocenters. The van der Waals surface area contributed by atoms with Crippen LogP contribution in [0.25, 0.3) is 0 Å². The molecule has 146 valence electrons. The molecule has 2 N–H and O–H groups in total. The number of hydrogen-bond acceptors (Lipinski definition) is 4. The van der Waals surface area contributed by atoms with E-state index >= 15 is 0 Å². The standard InChI is InChI=1S/C20H34N4O2/c1-4-8-21-20(22-9-7-19-6-5-12-26-19)23-16-18(15-17(2)3)24-10-13-25-14-11-24/h4-6,12,17-18H,1,7-11,13-16H2,2-3H3,(H2,21,22,23). The largest absolute Gasteiger partial charge is 0.469 e. The summed E-state index contributed by atoms with van der Waals surface area (Å²) in [5.74, 6) is 2.46. The van der Waals surface area contributed by atoms with Crippen LogP contribution in [0.2, 0.25) is 0 Å². The molecule has 0 radical (unpaired) electrons. The lowest BCUT2D eigenvalue weighted by atomic mass is 10.0. The van der Waals surface area contributed by atoms with Crippen LogP contribution in [0.1, 0.15) is 26.0 Å².